The minimum atomic E-state index is 0.368. The monoisotopic (exact) mass is 172 g/mol. The second-order valence-electron chi connectivity index (χ2n) is 3.94. The molecular weight excluding hydrogens is 148 g/mol. The van der Waals surface area contributed by atoms with Gasteiger partial charge in [0.15, 0.2) is 0 Å². The molecule has 0 fully saturated rings. The lowest BCUT2D eigenvalue weighted by atomic mass is 9.91. The summed E-state index contributed by atoms with van der Waals surface area (Å²) >= 11 is 0. The van der Waals surface area contributed by atoms with Crippen molar-refractivity contribution in [3.8, 4) is 0 Å². The summed E-state index contributed by atoms with van der Waals surface area (Å²) < 4.78 is 0. The highest BCUT2D eigenvalue weighted by atomic mass is 16.3. The minimum absolute atomic E-state index is 0.368. The summed E-state index contributed by atoms with van der Waals surface area (Å²) in [6.45, 7) is 7.06. The highest BCUT2D eigenvalue weighted by Gasteiger charge is 2.09. The number of aliphatic hydroxyl groups is 1. The second-order valence-corrected chi connectivity index (χ2v) is 3.94. The molecule has 12 heavy (non-hydrogen) atoms. The Hall–Kier alpha value is -0.0400. The van der Waals surface area contributed by atoms with Gasteiger partial charge in [-0.15, -0.1) is 0 Å². The molecule has 0 bridgehead atoms. The molecule has 0 aromatic rings. The van der Waals surface area contributed by atoms with E-state index < -0.39 is 0 Å². The number of unbranched alkanes of at least 4 members (excludes halogenated alkanes) is 1. The van der Waals surface area contributed by atoms with Crippen LogP contribution in [-0.4, -0.2) is 11.7 Å². The summed E-state index contributed by atoms with van der Waals surface area (Å²) in [5.41, 5.74) is 0. The molecule has 0 aliphatic heterocycles. The molecule has 0 rings (SSSR count). The molecule has 0 amide bonds. The molecule has 0 aliphatic carbocycles. The van der Waals surface area contributed by atoms with Crippen LogP contribution in [-0.2, 0) is 0 Å². The third-order valence-corrected chi connectivity index (χ3v) is 2.62. The lowest BCUT2D eigenvalue weighted by molar-refractivity contribution is 0.196. The Morgan fingerprint density at radius 2 is 1.92 bits per heavy atom. The van der Waals surface area contributed by atoms with Gasteiger partial charge >= 0.3 is 0 Å². The van der Waals surface area contributed by atoms with E-state index in [2.05, 4.69) is 20.8 Å². The molecule has 0 saturated heterocycles. The van der Waals surface area contributed by atoms with E-state index in [0.717, 1.165) is 12.3 Å². The third-order valence-electron chi connectivity index (χ3n) is 2.62. The van der Waals surface area contributed by atoms with Gasteiger partial charge in [0.05, 0.1) is 0 Å². The maximum atomic E-state index is 9.00. The van der Waals surface area contributed by atoms with Gasteiger partial charge in [-0.3, -0.25) is 0 Å². The fourth-order valence-electron chi connectivity index (χ4n) is 1.61. The van der Waals surface area contributed by atoms with Gasteiger partial charge < -0.3 is 5.11 Å². The van der Waals surface area contributed by atoms with Crippen LogP contribution in [0, 0.1) is 11.8 Å². The molecule has 0 spiro atoms. The minimum Gasteiger partial charge on any atom is -0.396 e. The molecule has 1 N–H and O–H groups in total. The van der Waals surface area contributed by atoms with E-state index in [0.29, 0.717) is 12.5 Å². The van der Waals surface area contributed by atoms with Gasteiger partial charge in [0.25, 0.3) is 0 Å². The summed E-state index contributed by atoms with van der Waals surface area (Å²) in [5, 5.41) is 9.00. The van der Waals surface area contributed by atoms with Crippen molar-refractivity contribution in [2.45, 2.75) is 52.9 Å². The van der Waals surface area contributed by atoms with Crippen LogP contribution in [0.1, 0.15) is 52.9 Å². The fourth-order valence-corrected chi connectivity index (χ4v) is 1.61. The van der Waals surface area contributed by atoms with Crippen molar-refractivity contribution >= 4 is 0 Å². The van der Waals surface area contributed by atoms with Crippen LogP contribution in [0.15, 0.2) is 0 Å². The quantitative estimate of drug-likeness (QED) is 0.625. The van der Waals surface area contributed by atoms with Crippen LogP contribution in [0.4, 0.5) is 0 Å². The first-order valence-corrected chi connectivity index (χ1v) is 5.35. The Morgan fingerprint density at radius 1 is 1.25 bits per heavy atom. The third kappa shape index (κ3) is 5.59. The number of hydrogen-bond acceptors (Lipinski definition) is 1. The number of aliphatic hydroxyl groups excluding tert-OH is 1. The molecule has 0 saturated carbocycles. The van der Waals surface area contributed by atoms with Crippen molar-refractivity contribution in [3.63, 3.8) is 0 Å². The molecular formula is C11H24O. The smallest absolute Gasteiger partial charge is 0.0459 e. The largest absolute Gasteiger partial charge is 0.396 e. The zero-order valence-electron chi connectivity index (χ0n) is 8.84. The van der Waals surface area contributed by atoms with E-state index in [9.17, 15) is 0 Å². The van der Waals surface area contributed by atoms with Gasteiger partial charge in [-0.1, -0.05) is 46.5 Å². The summed E-state index contributed by atoms with van der Waals surface area (Å²) in [4.78, 5) is 0. The van der Waals surface area contributed by atoms with Gasteiger partial charge in [0.2, 0.25) is 0 Å². The fraction of sp³-hybridized carbons (Fsp3) is 1.00. The van der Waals surface area contributed by atoms with Crippen LogP contribution < -0.4 is 0 Å². The predicted octanol–water partition coefficient (Wildman–Crippen LogP) is 3.22. The van der Waals surface area contributed by atoms with Gasteiger partial charge in [-0.05, 0) is 18.3 Å². The molecule has 0 heterocycles. The molecule has 0 unspecified atom stereocenters. The number of rotatable bonds is 7. The van der Waals surface area contributed by atoms with Crippen LogP contribution in [0.25, 0.3) is 0 Å². The van der Waals surface area contributed by atoms with Gasteiger partial charge in [-0.2, -0.15) is 0 Å². The van der Waals surface area contributed by atoms with Crippen molar-refractivity contribution in [3.05, 3.63) is 0 Å². The lowest BCUT2D eigenvalue weighted by Gasteiger charge is -2.16. The van der Waals surface area contributed by atoms with E-state index in [1.165, 1.54) is 25.7 Å². The lowest BCUT2D eigenvalue weighted by Crippen LogP contribution is -2.09. The Kier molecular flexibility index (Phi) is 7.58. The standard InChI is InChI=1S/C11H24O/c1-4-6-7-10(3)8-11(5-2)9-12/h10-12H,4-9H2,1-3H3/t10-,11-/m1/s1. The zero-order chi connectivity index (χ0) is 9.40. The van der Waals surface area contributed by atoms with Crippen molar-refractivity contribution in [1.29, 1.82) is 0 Å². The van der Waals surface area contributed by atoms with Crippen molar-refractivity contribution in [2.75, 3.05) is 6.61 Å². The van der Waals surface area contributed by atoms with Crippen LogP contribution in [0.3, 0.4) is 0 Å². The van der Waals surface area contributed by atoms with E-state index in [-0.39, 0.29) is 0 Å². The number of hydrogen-bond donors (Lipinski definition) is 1. The molecule has 1 nitrogen and oxygen atoms in total. The summed E-state index contributed by atoms with van der Waals surface area (Å²) in [6.07, 6.45) is 6.27. The highest BCUT2D eigenvalue weighted by molar-refractivity contribution is 4.61. The molecule has 0 aromatic heterocycles. The highest BCUT2D eigenvalue weighted by Crippen LogP contribution is 2.19. The molecule has 1 heteroatoms. The van der Waals surface area contributed by atoms with Gasteiger partial charge in [0, 0.05) is 6.61 Å². The van der Waals surface area contributed by atoms with Crippen molar-refractivity contribution in [1.82, 2.24) is 0 Å². The maximum absolute atomic E-state index is 9.00. The molecule has 0 radical (unpaired) electrons. The summed E-state index contributed by atoms with van der Waals surface area (Å²) in [7, 11) is 0. The van der Waals surface area contributed by atoms with E-state index in [1.807, 2.05) is 0 Å². The average Bonchev–Trinajstić information content (AvgIpc) is 2.10. The zero-order valence-corrected chi connectivity index (χ0v) is 8.84. The topological polar surface area (TPSA) is 20.2 Å². The van der Waals surface area contributed by atoms with Crippen LogP contribution in [0.2, 0.25) is 0 Å². The molecule has 0 aromatic carbocycles. The molecule has 2 atom stereocenters. The van der Waals surface area contributed by atoms with E-state index >= 15 is 0 Å². The normalized spacial score (nSPS) is 16.0. The van der Waals surface area contributed by atoms with Crippen molar-refractivity contribution in [2.24, 2.45) is 11.8 Å². The predicted molar refractivity (Wildman–Crippen MR) is 54.2 cm³/mol. The molecule has 74 valence electrons. The van der Waals surface area contributed by atoms with Gasteiger partial charge in [-0.25, -0.2) is 0 Å². The maximum Gasteiger partial charge on any atom is 0.0459 e. The van der Waals surface area contributed by atoms with E-state index in [1.54, 1.807) is 0 Å². The Balaban J connectivity index is 3.44. The van der Waals surface area contributed by atoms with Crippen LogP contribution in [0.5, 0.6) is 0 Å². The Labute approximate surface area is 77.2 Å². The molecule has 0 aliphatic rings. The second kappa shape index (κ2) is 7.60. The first-order chi connectivity index (χ1) is 5.74. The SMILES string of the molecule is CCCC[C@@H](C)C[C@@H](CC)CO. The van der Waals surface area contributed by atoms with Gasteiger partial charge in [0.1, 0.15) is 0 Å². The first kappa shape index (κ1) is 12.0. The summed E-state index contributed by atoms with van der Waals surface area (Å²) in [5.74, 6) is 1.33. The van der Waals surface area contributed by atoms with Crippen LogP contribution >= 0.6 is 0 Å². The first-order valence-electron chi connectivity index (χ1n) is 5.35. The summed E-state index contributed by atoms with van der Waals surface area (Å²) in [6, 6.07) is 0. The van der Waals surface area contributed by atoms with E-state index in [4.69, 9.17) is 5.11 Å². The van der Waals surface area contributed by atoms with Crippen molar-refractivity contribution < 1.29 is 5.11 Å². The Morgan fingerprint density at radius 3 is 2.33 bits per heavy atom. The average molecular weight is 172 g/mol. The Bertz CT molecular complexity index is 87.0.